The molecule has 0 aliphatic carbocycles. The molecular formula is C19H16BrF2N5. The smallest absolute Gasteiger partial charge is 0.137 e. The molecular weight excluding hydrogens is 416 g/mol. The lowest BCUT2D eigenvalue weighted by Gasteiger charge is -2.25. The fourth-order valence-corrected chi connectivity index (χ4v) is 3.63. The topological polar surface area (TPSA) is 48.5 Å². The van der Waals surface area contributed by atoms with Gasteiger partial charge in [-0.25, -0.2) is 13.8 Å². The summed E-state index contributed by atoms with van der Waals surface area (Å²) in [6.45, 7) is 2.36. The SMILES string of the molecule is C[C@H]([C@@H](Cn1cncn1)c1ccc(F)cc1F)n1cc2cc(Br)ccc2n1. The molecule has 4 rings (SSSR count). The average molecular weight is 432 g/mol. The van der Waals surface area contributed by atoms with Crippen LogP contribution in [0.1, 0.15) is 24.4 Å². The van der Waals surface area contributed by atoms with Crippen LogP contribution >= 0.6 is 15.9 Å². The molecule has 0 saturated heterocycles. The first-order valence-corrected chi connectivity index (χ1v) is 9.22. The number of halogens is 3. The molecule has 2 heterocycles. The minimum absolute atomic E-state index is 0.194. The van der Waals surface area contributed by atoms with E-state index < -0.39 is 11.6 Å². The summed E-state index contributed by atoms with van der Waals surface area (Å²) in [7, 11) is 0. The molecule has 8 heteroatoms. The molecule has 0 amide bonds. The normalized spacial score (nSPS) is 13.8. The number of hydrogen-bond donors (Lipinski definition) is 0. The quantitative estimate of drug-likeness (QED) is 0.459. The Morgan fingerprint density at radius 3 is 2.74 bits per heavy atom. The molecule has 0 unspecified atom stereocenters. The van der Waals surface area contributed by atoms with Crippen LogP contribution in [0.2, 0.25) is 0 Å². The van der Waals surface area contributed by atoms with Crippen LogP contribution in [-0.4, -0.2) is 24.5 Å². The average Bonchev–Trinajstić information content (AvgIpc) is 3.28. The third kappa shape index (κ3) is 3.62. The highest BCUT2D eigenvalue weighted by Crippen LogP contribution is 2.33. The zero-order chi connectivity index (χ0) is 19.0. The van der Waals surface area contributed by atoms with Gasteiger partial charge in [0.1, 0.15) is 24.3 Å². The number of benzene rings is 2. The summed E-state index contributed by atoms with van der Waals surface area (Å²) in [5.74, 6) is -1.49. The molecule has 0 aliphatic rings. The number of fused-ring (bicyclic) bond motifs is 1. The fourth-order valence-electron chi connectivity index (χ4n) is 3.25. The van der Waals surface area contributed by atoms with Gasteiger partial charge in [-0.1, -0.05) is 22.0 Å². The van der Waals surface area contributed by atoms with Crippen molar-refractivity contribution in [2.75, 3.05) is 0 Å². The predicted octanol–water partition coefficient (Wildman–Crippen LogP) is 4.71. The van der Waals surface area contributed by atoms with Gasteiger partial charge in [-0.2, -0.15) is 10.2 Å². The summed E-state index contributed by atoms with van der Waals surface area (Å²) < 4.78 is 32.4. The van der Waals surface area contributed by atoms with Gasteiger partial charge in [-0.3, -0.25) is 9.36 Å². The fraction of sp³-hybridized carbons (Fsp3) is 0.211. The molecule has 4 aromatic rings. The largest absolute Gasteiger partial charge is 0.268 e. The number of rotatable bonds is 5. The Hall–Kier alpha value is -2.61. The van der Waals surface area contributed by atoms with E-state index in [0.717, 1.165) is 21.4 Å². The van der Waals surface area contributed by atoms with Crippen LogP contribution in [0, 0.1) is 11.6 Å². The molecule has 0 bridgehead atoms. The first-order chi connectivity index (χ1) is 13.0. The highest BCUT2D eigenvalue weighted by Gasteiger charge is 2.26. The van der Waals surface area contributed by atoms with Crippen LogP contribution in [0.4, 0.5) is 8.78 Å². The van der Waals surface area contributed by atoms with Crippen molar-refractivity contribution in [1.82, 2.24) is 24.5 Å². The highest BCUT2D eigenvalue weighted by atomic mass is 79.9. The van der Waals surface area contributed by atoms with Crippen molar-refractivity contribution in [3.8, 4) is 0 Å². The molecule has 0 N–H and O–H groups in total. The second-order valence-electron chi connectivity index (χ2n) is 6.44. The van der Waals surface area contributed by atoms with Crippen molar-refractivity contribution in [2.24, 2.45) is 0 Å². The van der Waals surface area contributed by atoms with Crippen LogP contribution in [0.25, 0.3) is 10.9 Å². The summed E-state index contributed by atoms with van der Waals surface area (Å²) in [4.78, 5) is 3.95. The van der Waals surface area contributed by atoms with Crippen LogP contribution in [0.15, 0.2) is 59.7 Å². The lowest BCUT2D eigenvalue weighted by atomic mass is 9.91. The van der Waals surface area contributed by atoms with E-state index in [1.54, 1.807) is 11.0 Å². The van der Waals surface area contributed by atoms with E-state index in [-0.39, 0.29) is 12.0 Å². The van der Waals surface area contributed by atoms with Gasteiger partial charge in [0.25, 0.3) is 0 Å². The Labute approximate surface area is 162 Å². The van der Waals surface area contributed by atoms with E-state index in [1.807, 2.05) is 36.0 Å². The summed E-state index contributed by atoms with van der Waals surface area (Å²) in [5, 5.41) is 9.74. The summed E-state index contributed by atoms with van der Waals surface area (Å²) >= 11 is 3.46. The van der Waals surface area contributed by atoms with Gasteiger partial charge in [0, 0.05) is 28.0 Å². The predicted molar refractivity (Wildman–Crippen MR) is 101 cm³/mol. The Morgan fingerprint density at radius 1 is 1.15 bits per heavy atom. The minimum Gasteiger partial charge on any atom is -0.268 e. The highest BCUT2D eigenvalue weighted by molar-refractivity contribution is 9.10. The lowest BCUT2D eigenvalue weighted by molar-refractivity contribution is 0.352. The van der Waals surface area contributed by atoms with Gasteiger partial charge in [-0.05, 0) is 36.8 Å². The molecule has 5 nitrogen and oxygen atoms in total. The molecule has 0 saturated carbocycles. The third-order valence-electron chi connectivity index (χ3n) is 4.70. The molecule has 27 heavy (non-hydrogen) atoms. The van der Waals surface area contributed by atoms with Crippen molar-refractivity contribution in [2.45, 2.75) is 25.4 Å². The monoisotopic (exact) mass is 431 g/mol. The van der Waals surface area contributed by atoms with Crippen LogP contribution in [0.3, 0.4) is 0 Å². The first-order valence-electron chi connectivity index (χ1n) is 8.43. The van der Waals surface area contributed by atoms with E-state index in [0.29, 0.717) is 12.1 Å². The van der Waals surface area contributed by atoms with Crippen molar-refractivity contribution in [3.63, 3.8) is 0 Å². The van der Waals surface area contributed by atoms with E-state index in [4.69, 9.17) is 0 Å². The Kier molecular flexibility index (Phi) is 4.73. The molecule has 2 aromatic heterocycles. The number of nitrogens with zero attached hydrogens (tertiary/aromatic N) is 5. The van der Waals surface area contributed by atoms with E-state index in [9.17, 15) is 8.78 Å². The number of aromatic nitrogens is 5. The zero-order valence-electron chi connectivity index (χ0n) is 14.4. The molecule has 0 aliphatic heterocycles. The van der Waals surface area contributed by atoms with Gasteiger partial charge < -0.3 is 0 Å². The molecule has 0 radical (unpaired) electrons. The second-order valence-corrected chi connectivity index (χ2v) is 7.36. The van der Waals surface area contributed by atoms with Gasteiger partial charge in [-0.15, -0.1) is 0 Å². The minimum atomic E-state index is -0.599. The molecule has 0 fully saturated rings. The molecule has 0 spiro atoms. The van der Waals surface area contributed by atoms with E-state index in [2.05, 4.69) is 31.1 Å². The summed E-state index contributed by atoms with van der Waals surface area (Å²) in [6, 6.07) is 9.31. The number of hydrogen-bond acceptors (Lipinski definition) is 3. The van der Waals surface area contributed by atoms with Crippen molar-refractivity contribution >= 4 is 26.8 Å². The van der Waals surface area contributed by atoms with Crippen molar-refractivity contribution in [1.29, 1.82) is 0 Å². The first kappa shape index (κ1) is 17.8. The second kappa shape index (κ2) is 7.19. The molecule has 138 valence electrons. The molecule has 2 aromatic carbocycles. The molecule has 2 atom stereocenters. The van der Waals surface area contributed by atoms with Crippen LogP contribution in [-0.2, 0) is 6.54 Å². The van der Waals surface area contributed by atoms with Crippen LogP contribution in [0.5, 0.6) is 0 Å². The third-order valence-corrected chi connectivity index (χ3v) is 5.19. The van der Waals surface area contributed by atoms with Gasteiger partial charge in [0.15, 0.2) is 0 Å². The van der Waals surface area contributed by atoms with E-state index >= 15 is 0 Å². The van der Waals surface area contributed by atoms with Gasteiger partial charge >= 0.3 is 0 Å². The van der Waals surface area contributed by atoms with Crippen molar-refractivity contribution in [3.05, 3.63) is 76.9 Å². The maximum atomic E-state index is 14.5. The maximum Gasteiger partial charge on any atom is 0.137 e. The zero-order valence-corrected chi connectivity index (χ0v) is 16.0. The standard InChI is InChI=1S/C19H16BrF2N5/c1-12(27-8-13-6-14(20)2-5-19(13)25-27)17(9-26-11-23-10-24-26)16-4-3-15(21)7-18(16)22/h2-8,10-12,17H,9H2,1H3/t12-,17-/m1/s1. The van der Waals surface area contributed by atoms with Crippen molar-refractivity contribution < 1.29 is 8.78 Å². The van der Waals surface area contributed by atoms with Gasteiger partial charge in [0.05, 0.1) is 18.1 Å². The van der Waals surface area contributed by atoms with Crippen LogP contribution < -0.4 is 0 Å². The maximum absolute atomic E-state index is 14.5. The van der Waals surface area contributed by atoms with Gasteiger partial charge in [0.2, 0.25) is 0 Å². The Bertz CT molecular complexity index is 1080. The Balaban J connectivity index is 1.75. The van der Waals surface area contributed by atoms with E-state index in [1.165, 1.54) is 18.5 Å². The summed E-state index contributed by atoms with van der Waals surface area (Å²) in [5.41, 5.74) is 1.27. The summed E-state index contributed by atoms with van der Waals surface area (Å²) in [6.07, 6.45) is 4.95. The Morgan fingerprint density at radius 2 is 2.00 bits per heavy atom. The lowest BCUT2D eigenvalue weighted by Crippen LogP contribution is -2.22.